The molecule has 33 heavy (non-hydrogen) atoms. The number of halogens is 3. The second kappa shape index (κ2) is 10.0. The van der Waals surface area contributed by atoms with Crippen LogP contribution in [0.3, 0.4) is 0 Å². The van der Waals surface area contributed by atoms with Crippen molar-refractivity contribution in [3.05, 3.63) is 71.8 Å². The molecular weight excluding hydrogens is 461 g/mol. The standard InChI is InChI=1S/C21H21F3N4O4S/c22-21(23,24)16-6-2-1-5-15(16)20(30)28-17-13-14(29)8-9-18(17)33(31,32)27-10-4-3-7-19-25-11-12-26-19/h1-2,5-6,8-9,11-13,27,29H,3-4,7,10H2,(H,25,26)(H,28,30). The number of anilines is 1. The van der Waals surface area contributed by atoms with Crippen molar-refractivity contribution in [3.8, 4) is 5.75 Å². The predicted octanol–water partition coefficient (Wildman–Crippen LogP) is 3.69. The van der Waals surface area contributed by atoms with Gasteiger partial charge in [-0.3, -0.25) is 4.79 Å². The maximum atomic E-state index is 13.2. The van der Waals surface area contributed by atoms with Crippen LogP contribution in [0.2, 0.25) is 0 Å². The molecule has 3 rings (SSSR count). The molecule has 0 aliphatic carbocycles. The highest BCUT2D eigenvalue weighted by Crippen LogP contribution is 2.33. The van der Waals surface area contributed by atoms with Crippen molar-refractivity contribution in [1.82, 2.24) is 14.7 Å². The molecule has 0 fully saturated rings. The number of carbonyl (C=O) groups excluding carboxylic acids is 1. The van der Waals surface area contributed by atoms with Crippen molar-refractivity contribution in [2.75, 3.05) is 11.9 Å². The highest BCUT2D eigenvalue weighted by molar-refractivity contribution is 7.89. The van der Waals surface area contributed by atoms with Gasteiger partial charge in [0.15, 0.2) is 0 Å². The summed E-state index contributed by atoms with van der Waals surface area (Å²) in [6.45, 7) is 0.0915. The third-order valence-electron chi connectivity index (χ3n) is 4.67. The second-order valence-electron chi connectivity index (χ2n) is 7.07. The molecule has 0 aliphatic rings. The molecule has 0 atom stereocenters. The monoisotopic (exact) mass is 482 g/mol. The van der Waals surface area contributed by atoms with E-state index in [0.29, 0.717) is 19.3 Å². The Balaban J connectivity index is 1.74. The first-order chi connectivity index (χ1) is 15.6. The number of unbranched alkanes of at least 4 members (excludes halogenated alkanes) is 1. The number of H-pyrrole nitrogens is 1. The van der Waals surface area contributed by atoms with Crippen LogP contribution >= 0.6 is 0 Å². The van der Waals surface area contributed by atoms with E-state index in [1.807, 2.05) is 0 Å². The number of hydrogen-bond donors (Lipinski definition) is 4. The van der Waals surface area contributed by atoms with Gasteiger partial charge in [-0.1, -0.05) is 12.1 Å². The number of benzene rings is 2. The lowest BCUT2D eigenvalue weighted by Crippen LogP contribution is -2.27. The molecule has 1 amide bonds. The molecule has 0 spiro atoms. The highest BCUT2D eigenvalue weighted by Gasteiger charge is 2.35. The Morgan fingerprint density at radius 2 is 1.88 bits per heavy atom. The fraction of sp³-hybridized carbons (Fsp3) is 0.238. The lowest BCUT2D eigenvalue weighted by Gasteiger charge is -2.15. The summed E-state index contributed by atoms with van der Waals surface area (Å²) in [6, 6.07) is 7.25. The Labute approximate surface area is 187 Å². The van der Waals surface area contributed by atoms with E-state index in [0.717, 1.165) is 42.2 Å². The molecule has 2 aromatic carbocycles. The summed E-state index contributed by atoms with van der Waals surface area (Å²) in [5, 5.41) is 11.9. The minimum atomic E-state index is -4.78. The molecule has 0 saturated heterocycles. The molecule has 12 heteroatoms. The Kier molecular flexibility index (Phi) is 7.39. The summed E-state index contributed by atoms with van der Waals surface area (Å²) in [5.41, 5.74) is -2.19. The zero-order valence-corrected chi connectivity index (χ0v) is 18.0. The van der Waals surface area contributed by atoms with E-state index >= 15 is 0 Å². The van der Waals surface area contributed by atoms with Gasteiger partial charge in [-0.25, -0.2) is 18.1 Å². The third kappa shape index (κ3) is 6.33. The Bertz CT molecular complexity index is 1210. The van der Waals surface area contributed by atoms with Gasteiger partial charge in [0.25, 0.3) is 5.91 Å². The van der Waals surface area contributed by atoms with E-state index < -0.39 is 33.2 Å². The van der Waals surface area contributed by atoms with Crippen molar-refractivity contribution >= 4 is 21.6 Å². The van der Waals surface area contributed by atoms with Crippen molar-refractivity contribution in [3.63, 3.8) is 0 Å². The van der Waals surface area contributed by atoms with Crippen LogP contribution in [0.25, 0.3) is 0 Å². The molecule has 1 heterocycles. The molecule has 0 bridgehead atoms. The van der Waals surface area contributed by atoms with Gasteiger partial charge in [-0.15, -0.1) is 0 Å². The molecule has 8 nitrogen and oxygen atoms in total. The van der Waals surface area contributed by atoms with E-state index in [1.165, 1.54) is 6.07 Å². The summed E-state index contributed by atoms with van der Waals surface area (Å²) in [4.78, 5) is 19.2. The van der Waals surface area contributed by atoms with Crippen LogP contribution in [0.15, 0.2) is 59.8 Å². The van der Waals surface area contributed by atoms with Crippen molar-refractivity contribution in [2.24, 2.45) is 0 Å². The number of phenolic OH excluding ortho intramolecular Hbond substituents is 1. The molecule has 4 N–H and O–H groups in total. The first-order valence-corrected chi connectivity index (χ1v) is 11.3. The number of phenols is 1. The summed E-state index contributed by atoms with van der Waals surface area (Å²) in [7, 11) is -4.13. The average molecular weight is 482 g/mol. The van der Waals surface area contributed by atoms with E-state index in [9.17, 15) is 31.5 Å². The van der Waals surface area contributed by atoms with Crippen LogP contribution in [0.5, 0.6) is 5.75 Å². The zero-order valence-electron chi connectivity index (χ0n) is 17.2. The van der Waals surface area contributed by atoms with Gasteiger partial charge < -0.3 is 15.4 Å². The minimum Gasteiger partial charge on any atom is -0.508 e. The topological polar surface area (TPSA) is 124 Å². The Morgan fingerprint density at radius 1 is 1.12 bits per heavy atom. The van der Waals surface area contributed by atoms with Gasteiger partial charge >= 0.3 is 6.18 Å². The highest BCUT2D eigenvalue weighted by atomic mass is 32.2. The first kappa shape index (κ1) is 24.3. The van der Waals surface area contributed by atoms with Crippen LogP contribution in [0.4, 0.5) is 18.9 Å². The van der Waals surface area contributed by atoms with Crippen molar-refractivity contribution in [2.45, 2.75) is 30.3 Å². The summed E-state index contributed by atoms with van der Waals surface area (Å²) in [6.07, 6.45) is 0.312. The van der Waals surface area contributed by atoms with Gasteiger partial charge in [-0.05, 0) is 37.1 Å². The minimum absolute atomic E-state index is 0.0915. The van der Waals surface area contributed by atoms with E-state index in [-0.39, 0.29) is 22.9 Å². The summed E-state index contributed by atoms with van der Waals surface area (Å²) < 4.78 is 67.6. The SMILES string of the molecule is O=C(Nc1cc(O)ccc1S(=O)(=O)NCCCCc1ncc[nH]1)c1ccccc1C(F)(F)F. The molecule has 0 unspecified atom stereocenters. The number of sulfonamides is 1. The molecule has 1 aromatic heterocycles. The second-order valence-corrected chi connectivity index (χ2v) is 8.80. The number of amides is 1. The van der Waals surface area contributed by atoms with Crippen molar-refractivity contribution < 1.29 is 31.5 Å². The summed E-state index contributed by atoms with van der Waals surface area (Å²) >= 11 is 0. The maximum Gasteiger partial charge on any atom is 0.417 e. The van der Waals surface area contributed by atoms with Crippen LogP contribution < -0.4 is 10.0 Å². The van der Waals surface area contributed by atoms with E-state index in [2.05, 4.69) is 20.0 Å². The fourth-order valence-electron chi connectivity index (χ4n) is 3.10. The largest absolute Gasteiger partial charge is 0.508 e. The normalized spacial score (nSPS) is 12.0. The number of alkyl halides is 3. The number of nitrogens with one attached hydrogen (secondary N) is 3. The van der Waals surface area contributed by atoms with Gasteiger partial charge in [0, 0.05) is 31.4 Å². The number of aryl methyl sites for hydroxylation is 1. The molecule has 176 valence electrons. The zero-order chi connectivity index (χ0) is 24.1. The molecular formula is C21H21F3N4O4S. The molecule has 0 aliphatic heterocycles. The number of imidazole rings is 1. The summed E-state index contributed by atoms with van der Waals surface area (Å²) in [5.74, 6) is -0.754. The Hall–Kier alpha value is -3.38. The van der Waals surface area contributed by atoms with E-state index in [4.69, 9.17) is 0 Å². The van der Waals surface area contributed by atoms with Crippen LogP contribution in [-0.2, 0) is 22.6 Å². The van der Waals surface area contributed by atoms with Gasteiger partial charge in [0.1, 0.15) is 16.5 Å². The number of aromatic amines is 1. The molecule has 3 aromatic rings. The van der Waals surface area contributed by atoms with Gasteiger partial charge in [0.05, 0.1) is 16.8 Å². The molecule has 0 saturated carbocycles. The average Bonchev–Trinajstić information content (AvgIpc) is 3.26. The fourth-order valence-corrected chi connectivity index (χ4v) is 4.32. The quantitative estimate of drug-likeness (QED) is 0.346. The number of nitrogens with zero attached hydrogens (tertiary/aromatic N) is 1. The van der Waals surface area contributed by atoms with Crippen LogP contribution in [0, 0.1) is 0 Å². The van der Waals surface area contributed by atoms with E-state index in [1.54, 1.807) is 12.4 Å². The number of rotatable bonds is 9. The lowest BCUT2D eigenvalue weighted by atomic mass is 10.1. The van der Waals surface area contributed by atoms with Crippen LogP contribution in [0.1, 0.15) is 34.6 Å². The maximum absolute atomic E-state index is 13.2. The van der Waals surface area contributed by atoms with Gasteiger partial charge in [-0.2, -0.15) is 13.2 Å². The number of carbonyl (C=O) groups is 1. The third-order valence-corrected chi connectivity index (χ3v) is 6.18. The first-order valence-electron chi connectivity index (χ1n) is 9.86. The Morgan fingerprint density at radius 3 is 2.58 bits per heavy atom. The number of aromatic nitrogens is 2. The number of aromatic hydroxyl groups is 1. The smallest absolute Gasteiger partial charge is 0.417 e. The number of hydrogen-bond acceptors (Lipinski definition) is 5. The lowest BCUT2D eigenvalue weighted by molar-refractivity contribution is -0.137. The van der Waals surface area contributed by atoms with Crippen molar-refractivity contribution in [1.29, 1.82) is 0 Å². The van der Waals surface area contributed by atoms with Crippen LogP contribution in [-0.4, -0.2) is 35.9 Å². The predicted molar refractivity (Wildman–Crippen MR) is 114 cm³/mol. The molecule has 0 radical (unpaired) electrons. The van der Waals surface area contributed by atoms with Gasteiger partial charge in [0.2, 0.25) is 10.0 Å².